The molecule has 0 unspecified atom stereocenters. The van der Waals surface area contributed by atoms with E-state index in [1.807, 2.05) is 6.26 Å². The number of aliphatic carboxylic acids is 1. The van der Waals surface area contributed by atoms with Crippen LogP contribution in [0.15, 0.2) is 4.99 Å². The van der Waals surface area contributed by atoms with E-state index in [4.69, 9.17) is 5.11 Å². The van der Waals surface area contributed by atoms with Crippen LogP contribution >= 0.6 is 23.5 Å². The molecule has 0 aromatic rings. The predicted octanol–water partition coefficient (Wildman–Crippen LogP) is 1.54. The number of carbonyl (C=O) groups is 1. The molecule has 0 amide bonds. The second kappa shape index (κ2) is 6.54. The Morgan fingerprint density at radius 1 is 1.64 bits per heavy atom. The molecule has 0 radical (unpaired) electrons. The average Bonchev–Trinajstić information content (AvgIpc) is 1.98. The van der Waals surface area contributed by atoms with Crippen LogP contribution in [0.3, 0.4) is 0 Å². The molecule has 0 aliphatic carbocycles. The summed E-state index contributed by atoms with van der Waals surface area (Å²) in [5.41, 5.74) is 0. The summed E-state index contributed by atoms with van der Waals surface area (Å²) in [6.45, 7) is 0. The normalized spacial score (nSPS) is 11.6. The highest BCUT2D eigenvalue weighted by Gasteiger charge is 1.99. The Morgan fingerprint density at radius 2 is 2.27 bits per heavy atom. The Bertz CT molecular complexity index is 159. The van der Waals surface area contributed by atoms with Gasteiger partial charge in [-0.05, 0) is 6.26 Å². The van der Waals surface area contributed by atoms with Crippen LogP contribution in [0, 0.1) is 0 Å². The second-order valence-electron chi connectivity index (χ2n) is 1.69. The molecule has 0 fully saturated rings. The first-order chi connectivity index (χ1) is 5.20. The summed E-state index contributed by atoms with van der Waals surface area (Å²) in [5, 5.41) is 8.31. The van der Waals surface area contributed by atoms with Gasteiger partial charge in [-0.2, -0.15) is 0 Å². The van der Waals surface area contributed by atoms with Gasteiger partial charge in [0, 0.05) is 12.8 Å². The summed E-state index contributed by atoms with van der Waals surface area (Å²) >= 11 is 3.02. The largest absolute Gasteiger partial charge is 0.481 e. The molecule has 0 heterocycles. The Hall–Kier alpha value is -0.160. The number of nitrogens with zero attached hydrogens (tertiary/aromatic N) is 1. The van der Waals surface area contributed by atoms with E-state index in [1.54, 1.807) is 18.8 Å². The van der Waals surface area contributed by atoms with Crippen LogP contribution in [0.1, 0.15) is 6.42 Å². The molecule has 0 atom stereocenters. The highest BCUT2D eigenvalue weighted by molar-refractivity contribution is 8.38. The summed E-state index contributed by atoms with van der Waals surface area (Å²) in [6.07, 6.45) is 2.13. The maximum atomic E-state index is 10.1. The minimum absolute atomic E-state index is 0.199. The number of hydrogen-bond acceptors (Lipinski definition) is 4. The van der Waals surface area contributed by atoms with Crippen molar-refractivity contribution in [1.82, 2.24) is 0 Å². The second-order valence-corrected chi connectivity index (χ2v) is 3.82. The van der Waals surface area contributed by atoms with Gasteiger partial charge >= 0.3 is 5.97 Å². The van der Waals surface area contributed by atoms with Crippen molar-refractivity contribution in [3.63, 3.8) is 0 Å². The quantitative estimate of drug-likeness (QED) is 0.545. The van der Waals surface area contributed by atoms with Crippen LogP contribution in [0.4, 0.5) is 0 Å². The lowest BCUT2D eigenvalue weighted by atomic mass is 10.5. The SMILES string of the molecule is CN=C(SC)SCCC(=O)O. The van der Waals surface area contributed by atoms with Crippen molar-refractivity contribution in [3.8, 4) is 0 Å². The number of hydrogen-bond donors (Lipinski definition) is 1. The van der Waals surface area contributed by atoms with Gasteiger partial charge in [-0.3, -0.25) is 9.79 Å². The van der Waals surface area contributed by atoms with Crippen LogP contribution in [-0.2, 0) is 4.79 Å². The topological polar surface area (TPSA) is 49.7 Å². The summed E-state index contributed by atoms with van der Waals surface area (Å²) in [5.74, 6) is -0.155. The Labute approximate surface area is 74.7 Å². The molecule has 0 aliphatic heterocycles. The fraction of sp³-hybridized carbons (Fsp3) is 0.667. The van der Waals surface area contributed by atoms with Gasteiger partial charge in [-0.15, -0.1) is 11.8 Å². The molecule has 3 nitrogen and oxygen atoms in total. The van der Waals surface area contributed by atoms with Crippen molar-refractivity contribution in [2.24, 2.45) is 4.99 Å². The minimum Gasteiger partial charge on any atom is -0.481 e. The number of aliphatic imine (C=N–C) groups is 1. The Kier molecular flexibility index (Phi) is 6.45. The van der Waals surface area contributed by atoms with E-state index in [0.717, 1.165) is 4.38 Å². The predicted molar refractivity (Wildman–Crippen MR) is 51.6 cm³/mol. The fourth-order valence-corrected chi connectivity index (χ4v) is 1.92. The number of carboxylic acids is 1. The highest BCUT2D eigenvalue weighted by atomic mass is 32.2. The van der Waals surface area contributed by atoms with E-state index in [-0.39, 0.29) is 6.42 Å². The average molecular weight is 193 g/mol. The molecule has 0 rings (SSSR count). The van der Waals surface area contributed by atoms with Crippen LogP contribution in [0.5, 0.6) is 0 Å². The molecule has 11 heavy (non-hydrogen) atoms. The molecule has 0 saturated carbocycles. The lowest BCUT2D eigenvalue weighted by molar-refractivity contribution is -0.136. The molecule has 0 aliphatic rings. The van der Waals surface area contributed by atoms with Gasteiger partial charge in [-0.25, -0.2) is 0 Å². The van der Waals surface area contributed by atoms with Crippen molar-refractivity contribution >= 4 is 33.9 Å². The van der Waals surface area contributed by atoms with Gasteiger partial charge in [0.15, 0.2) is 0 Å². The zero-order valence-electron chi connectivity index (χ0n) is 6.53. The van der Waals surface area contributed by atoms with Crippen molar-refractivity contribution in [2.75, 3.05) is 19.1 Å². The van der Waals surface area contributed by atoms with Crippen molar-refractivity contribution < 1.29 is 9.90 Å². The lowest BCUT2D eigenvalue weighted by Gasteiger charge is -1.98. The third kappa shape index (κ3) is 6.25. The van der Waals surface area contributed by atoms with Crippen molar-refractivity contribution in [1.29, 1.82) is 0 Å². The van der Waals surface area contributed by atoms with Gasteiger partial charge in [0.25, 0.3) is 0 Å². The Balaban J connectivity index is 3.45. The third-order valence-electron chi connectivity index (χ3n) is 0.899. The molecule has 0 aromatic heterocycles. The van der Waals surface area contributed by atoms with E-state index in [2.05, 4.69) is 4.99 Å². The van der Waals surface area contributed by atoms with Crippen molar-refractivity contribution in [2.45, 2.75) is 6.42 Å². The van der Waals surface area contributed by atoms with Gasteiger partial charge in [-0.1, -0.05) is 11.8 Å². The minimum atomic E-state index is -0.756. The molecule has 64 valence electrons. The summed E-state index contributed by atoms with van der Waals surface area (Å²) in [7, 11) is 1.71. The smallest absolute Gasteiger partial charge is 0.304 e. The molecule has 5 heteroatoms. The van der Waals surface area contributed by atoms with Crippen molar-refractivity contribution in [3.05, 3.63) is 0 Å². The highest BCUT2D eigenvalue weighted by Crippen LogP contribution is 2.14. The maximum absolute atomic E-state index is 10.1. The summed E-state index contributed by atoms with van der Waals surface area (Å²) < 4.78 is 0.936. The van der Waals surface area contributed by atoms with Gasteiger partial charge < -0.3 is 5.11 Å². The van der Waals surface area contributed by atoms with Crippen LogP contribution in [0.2, 0.25) is 0 Å². The molecule has 0 spiro atoms. The van der Waals surface area contributed by atoms with E-state index >= 15 is 0 Å². The van der Waals surface area contributed by atoms with E-state index in [0.29, 0.717) is 5.75 Å². The lowest BCUT2D eigenvalue weighted by Crippen LogP contribution is -1.97. The number of thioether (sulfide) groups is 2. The zero-order valence-corrected chi connectivity index (χ0v) is 8.17. The monoisotopic (exact) mass is 193 g/mol. The zero-order chi connectivity index (χ0) is 8.69. The summed E-state index contributed by atoms with van der Waals surface area (Å²) in [4.78, 5) is 14.1. The van der Waals surface area contributed by atoms with E-state index in [1.165, 1.54) is 11.8 Å². The van der Waals surface area contributed by atoms with Crippen LogP contribution in [0.25, 0.3) is 0 Å². The van der Waals surface area contributed by atoms with E-state index in [9.17, 15) is 4.79 Å². The number of rotatable bonds is 3. The van der Waals surface area contributed by atoms with Gasteiger partial charge in [0.2, 0.25) is 0 Å². The maximum Gasteiger partial charge on any atom is 0.304 e. The molecule has 1 N–H and O–H groups in total. The molecule has 0 aromatic carbocycles. The fourth-order valence-electron chi connectivity index (χ4n) is 0.440. The molecule has 0 bridgehead atoms. The number of carboxylic acid groups (broad SMARTS) is 1. The standard InChI is InChI=1S/C6H11NO2S2/c1-7-6(10-2)11-4-3-5(8)9/h3-4H2,1-2H3,(H,8,9). The van der Waals surface area contributed by atoms with Gasteiger partial charge in [0.1, 0.15) is 4.38 Å². The third-order valence-corrected chi connectivity index (χ3v) is 3.12. The van der Waals surface area contributed by atoms with E-state index < -0.39 is 5.97 Å². The Morgan fingerprint density at radius 3 is 2.64 bits per heavy atom. The van der Waals surface area contributed by atoms with Gasteiger partial charge in [0.05, 0.1) is 6.42 Å². The first-order valence-electron chi connectivity index (χ1n) is 3.06. The first-order valence-corrected chi connectivity index (χ1v) is 5.27. The van der Waals surface area contributed by atoms with Crippen LogP contribution < -0.4 is 0 Å². The van der Waals surface area contributed by atoms with Crippen LogP contribution in [-0.4, -0.2) is 34.5 Å². The first kappa shape index (κ1) is 10.8. The molecule has 0 saturated heterocycles. The molecular formula is C6H11NO2S2. The molecular weight excluding hydrogens is 182 g/mol. The summed E-state index contributed by atoms with van der Waals surface area (Å²) in [6, 6.07) is 0.